The average molecular weight is 216 g/mol. The molecule has 0 aliphatic rings. The fraction of sp³-hybridized carbons (Fsp3) is 0.500. The highest BCUT2D eigenvalue weighted by Gasteiger charge is 2.10. The molecule has 13 heavy (non-hydrogen) atoms. The van der Waals surface area contributed by atoms with E-state index in [1.807, 2.05) is 0 Å². The summed E-state index contributed by atoms with van der Waals surface area (Å²) in [6.45, 7) is 2.79. The van der Waals surface area contributed by atoms with E-state index in [4.69, 9.17) is 0 Å². The number of aromatic nitrogens is 1. The summed E-state index contributed by atoms with van der Waals surface area (Å²) in [6.07, 6.45) is 2.07. The summed E-state index contributed by atoms with van der Waals surface area (Å²) in [5.74, 6) is -0.125. The molecule has 0 aromatic carbocycles. The summed E-state index contributed by atoms with van der Waals surface area (Å²) >= 11 is 5.49. The number of thiol groups is 1. The highest BCUT2D eigenvalue weighted by molar-refractivity contribution is 7.82. The van der Waals surface area contributed by atoms with Crippen LogP contribution < -0.4 is 5.32 Å². The van der Waals surface area contributed by atoms with Crippen molar-refractivity contribution in [2.45, 2.75) is 24.0 Å². The predicted molar refractivity (Wildman–Crippen MR) is 56.6 cm³/mol. The molecule has 0 atom stereocenters. The van der Waals surface area contributed by atoms with Crippen LogP contribution in [0, 0.1) is 0 Å². The van der Waals surface area contributed by atoms with Crippen LogP contribution in [-0.4, -0.2) is 17.4 Å². The first-order valence-corrected chi connectivity index (χ1v) is 5.49. The Labute approximate surface area is 87.0 Å². The zero-order valence-electron chi connectivity index (χ0n) is 7.41. The zero-order chi connectivity index (χ0) is 9.68. The molecule has 3 nitrogen and oxygen atoms in total. The molecule has 0 unspecified atom stereocenters. The molecular formula is C8H12N2OS2. The molecule has 1 aromatic rings. The first-order valence-electron chi connectivity index (χ1n) is 4.16. The van der Waals surface area contributed by atoms with Gasteiger partial charge in [0.05, 0.1) is 9.72 Å². The van der Waals surface area contributed by atoms with E-state index < -0.39 is 0 Å². The fourth-order valence-electron chi connectivity index (χ4n) is 0.858. The number of thiazole rings is 1. The Hall–Kier alpha value is -0.550. The highest BCUT2D eigenvalue weighted by Crippen LogP contribution is 2.16. The molecule has 1 N–H and O–H groups in total. The van der Waals surface area contributed by atoms with E-state index in [-0.39, 0.29) is 5.91 Å². The number of rotatable bonds is 4. The van der Waals surface area contributed by atoms with Crippen molar-refractivity contribution in [1.82, 2.24) is 10.3 Å². The lowest BCUT2D eigenvalue weighted by atomic mass is 10.3. The first kappa shape index (κ1) is 10.5. The maximum absolute atomic E-state index is 11.4. The molecule has 0 fully saturated rings. The molecule has 1 rings (SSSR count). The van der Waals surface area contributed by atoms with E-state index in [1.54, 1.807) is 5.51 Å². The Morgan fingerprint density at radius 3 is 3.08 bits per heavy atom. The molecule has 1 heterocycles. The molecule has 5 heteroatoms. The largest absolute Gasteiger partial charge is 0.351 e. The zero-order valence-corrected chi connectivity index (χ0v) is 9.12. The summed E-state index contributed by atoms with van der Waals surface area (Å²) < 4.78 is 0.675. The number of hydrogen-bond donors (Lipinski definition) is 2. The minimum atomic E-state index is -0.125. The Bertz CT molecular complexity index is 285. The molecule has 1 amide bonds. The van der Waals surface area contributed by atoms with Crippen LogP contribution in [0.4, 0.5) is 0 Å². The second-order valence-electron chi connectivity index (χ2n) is 2.62. The molecule has 0 bridgehead atoms. The van der Waals surface area contributed by atoms with Crippen molar-refractivity contribution in [3.63, 3.8) is 0 Å². The van der Waals surface area contributed by atoms with E-state index in [9.17, 15) is 4.79 Å². The highest BCUT2D eigenvalue weighted by atomic mass is 32.2. The van der Waals surface area contributed by atoms with E-state index in [2.05, 4.69) is 29.9 Å². The van der Waals surface area contributed by atoms with Crippen LogP contribution >= 0.6 is 24.0 Å². The normalized spacial score (nSPS) is 10.0. The lowest BCUT2D eigenvalue weighted by molar-refractivity contribution is 0.0946. The van der Waals surface area contributed by atoms with Crippen LogP contribution in [0.3, 0.4) is 0 Å². The summed E-state index contributed by atoms with van der Waals surface area (Å²) in [5, 5.41) is 2.78. The lowest BCUT2D eigenvalue weighted by Crippen LogP contribution is -2.24. The van der Waals surface area contributed by atoms with Gasteiger partial charge in [0.25, 0.3) is 5.91 Å². The van der Waals surface area contributed by atoms with Crippen LogP contribution in [0.5, 0.6) is 0 Å². The minimum absolute atomic E-state index is 0.125. The Morgan fingerprint density at radius 2 is 2.54 bits per heavy atom. The van der Waals surface area contributed by atoms with Crippen LogP contribution in [0.2, 0.25) is 0 Å². The van der Waals surface area contributed by atoms with Crippen molar-refractivity contribution in [2.24, 2.45) is 0 Å². The maximum Gasteiger partial charge on any atom is 0.271 e. The molecule has 0 spiro atoms. The Kier molecular flexibility index (Phi) is 4.24. The Morgan fingerprint density at radius 1 is 1.77 bits per heavy atom. The first-order chi connectivity index (χ1) is 6.25. The summed E-state index contributed by atoms with van der Waals surface area (Å²) in [5.41, 5.74) is 2.06. The minimum Gasteiger partial charge on any atom is -0.351 e. The van der Waals surface area contributed by atoms with Crippen LogP contribution in [0.1, 0.15) is 30.3 Å². The molecule has 0 radical (unpaired) electrons. The van der Waals surface area contributed by atoms with Gasteiger partial charge < -0.3 is 5.32 Å². The third-order valence-electron chi connectivity index (χ3n) is 1.58. The number of amides is 1. The number of carbonyl (C=O) groups is 1. The second kappa shape index (κ2) is 5.24. The van der Waals surface area contributed by atoms with Gasteiger partial charge in [0.1, 0.15) is 0 Å². The van der Waals surface area contributed by atoms with E-state index in [1.165, 1.54) is 11.3 Å². The number of nitrogens with zero attached hydrogens (tertiary/aromatic N) is 1. The smallest absolute Gasteiger partial charge is 0.271 e. The van der Waals surface area contributed by atoms with Crippen molar-refractivity contribution in [3.05, 3.63) is 11.2 Å². The third kappa shape index (κ3) is 3.00. The van der Waals surface area contributed by atoms with Crippen molar-refractivity contribution >= 4 is 29.9 Å². The Balaban J connectivity index is 2.45. The van der Waals surface area contributed by atoms with Gasteiger partial charge in [0.2, 0.25) is 0 Å². The number of unbranched alkanes of at least 4 members (excludes halogenated alkanes) is 1. The molecule has 72 valence electrons. The van der Waals surface area contributed by atoms with Crippen molar-refractivity contribution in [3.8, 4) is 0 Å². The lowest BCUT2D eigenvalue weighted by Gasteiger charge is -2.01. The van der Waals surface area contributed by atoms with Crippen molar-refractivity contribution in [2.75, 3.05) is 6.54 Å². The maximum atomic E-state index is 11.4. The van der Waals surface area contributed by atoms with Gasteiger partial charge in [-0.05, 0) is 6.42 Å². The van der Waals surface area contributed by atoms with E-state index in [0.717, 1.165) is 12.8 Å². The van der Waals surface area contributed by atoms with Crippen molar-refractivity contribution in [1.29, 1.82) is 0 Å². The topological polar surface area (TPSA) is 42.0 Å². The van der Waals surface area contributed by atoms with Gasteiger partial charge in [-0.15, -0.1) is 24.0 Å². The summed E-state index contributed by atoms with van der Waals surface area (Å²) in [7, 11) is 0. The number of nitrogens with one attached hydrogen (secondary N) is 1. The van der Waals surface area contributed by atoms with Crippen LogP contribution in [0.15, 0.2) is 9.72 Å². The van der Waals surface area contributed by atoms with Gasteiger partial charge in [0, 0.05) is 6.54 Å². The summed E-state index contributed by atoms with van der Waals surface area (Å²) in [6, 6.07) is 0. The molecule has 0 saturated carbocycles. The SMILES string of the molecule is CCCCNC(=O)c1ncsc1S. The van der Waals surface area contributed by atoms with E-state index in [0.29, 0.717) is 16.4 Å². The quantitative estimate of drug-likeness (QED) is 0.597. The third-order valence-corrected chi connectivity index (χ3v) is 2.74. The van der Waals surface area contributed by atoms with Crippen LogP contribution in [0.25, 0.3) is 0 Å². The van der Waals surface area contributed by atoms with Crippen molar-refractivity contribution < 1.29 is 4.79 Å². The van der Waals surface area contributed by atoms with E-state index >= 15 is 0 Å². The van der Waals surface area contributed by atoms with Crippen LogP contribution in [-0.2, 0) is 0 Å². The molecule has 0 aliphatic carbocycles. The monoisotopic (exact) mass is 216 g/mol. The standard InChI is InChI=1S/C8H12N2OS2/c1-2-3-4-9-7(11)6-8(12)13-5-10-6/h5,12H,2-4H2,1H3,(H,9,11). The second-order valence-corrected chi connectivity index (χ2v) is 4.22. The summed E-state index contributed by atoms with van der Waals surface area (Å²) in [4.78, 5) is 15.3. The number of carbonyl (C=O) groups excluding carboxylic acids is 1. The van der Waals surface area contributed by atoms with Gasteiger partial charge in [0.15, 0.2) is 5.69 Å². The number of hydrogen-bond acceptors (Lipinski definition) is 4. The predicted octanol–water partition coefficient (Wildman–Crippen LogP) is 1.96. The average Bonchev–Trinajstić information content (AvgIpc) is 2.52. The molecule has 1 aromatic heterocycles. The molecule has 0 saturated heterocycles. The molecule has 0 aliphatic heterocycles. The van der Waals surface area contributed by atoms with Gasteiger partial charge in [-0.3, -0.25) is 4.79 Å². The van der Waals surface area contributed by atoms with Gasteiger partial charge >= 0.3 is 0 Å². The molecular weight excluding hydrogens is 204 g/mol. The van der Waals surface area contributed by atoms with Gasteiger partial charge in [-0.1, -0.05) is 13.3 Å². The van der Waals surface area contributed by atoms with Gasteiger partial charge in [-0.25, -0.2) is 4.98 Å². The van der Waals surface area contributed by atoms with Gasteiger partial charge in [-0.2, -0.15) is 0 Å². The fourth-order valence-corrected chi connectivity index (χ4v) is 1.67.